The summed E-state index contributed by atoms with van der Waals surface area (Å²) in [6.45, 7) is 1.47. The van der Waals surface area contributed by atoms with Crippen LogP contribution >= 0.6 is 23.4 Å². The van der Waals surface area contributed by atoms with Gasteiger partial charge in [-0.2, -0.15) is 0 Å². The van der Waals surface area contributed by atoms with Crippen molar-refractivity contribution in [3.8, 4) is 5.69 Å². The van der Waals surface area contributed by atoms with Gasteiger partial charge >= 0.3 is 5.97 Å². The lowest BCUT2D eigenvalue weighted by atomic mass is 10.2. The van der Waals surface area contributed by atoms with Crippen LogP contribution in [-0.2, 0) is 9.53 Å². The summed E-state index contributed by atoms with van der Waals surface area (Å²) < 4.78 is 6.88. The average Bonchev–Trinajstić information content (AvgIpc) is 3.13. The van der Waals surface area contributed by atoms with Crippen LogP contribution in [0.15, 0.2) is 59.9 Å². The number of thioether (sulfide) groups is 1. The van der Waals surface area contributed by atoms with Crippen molar-refractivity contribution in [1.29, 1.82) is 0 Å². The zero-order valence-corrected chi connectivity index (χ0v) is 16.9. The molecule has 0 radical (unpaired) electrons. The lowest BCUT2D eigenvalue weighted by molar-refractivity contribution is -0.119. The Morgan fingerprint density at radius 1 is 1.21 bits per heavy atom. The Kier molecular flexibility index (Phi) is 6.38. The van der Waals surface area contributed by atoms with Crippen LogP contribution < -0.4 is 5.32 Å². The number of amides is 1. The number of anilines is 1. The van der Waals surface area contributed by atoms with Crippen molar-refractivity contribution < 1.29 is 14.3 Å². The molecule has 0 aliphatic rings. The molecule has 0 atom stereocenters. The van der Waals surface area contributed by atoms with Gasteiger partial charge in [-0.05, 0) is 43.0 Å². The number of benzene rings is 2. The molecule has 1 aromatic heterocycles. The maximum Gasteiger partial charge on any atom is 0.357 e. The van der Waals surface area contributed by atoms with Gasteiger partial charge < -0.3 is 10.1 Å². The highest BCUT2D eigenvalue weighted by Gasteiger charge is 2.20. The van der Waals surface area contributed by atoms with E-state index in [4.69, 9.17) is 16.3 Å². The maximum atomic E-state index is 12.5. The fourth-order valence-electron chi connectivity index (χ4n) is 2.56. The molecule has 0 aliphatic carbocycles. The molecule has 0 spiro atoms. The largest absolute Gasteiger partial charge is 0.451 e. The molecular weight excluding hydrogens is 398 g/mol. The van der Waals surface area contributed by atoms with Crippen molar-refractivity contribution in [3.05, 3.63) is 71.0 Å². The minimum atomic E-state index is -0.637. The minimum Gasteiger partial charge on any atom is -0.451 e. The maximum absolute atomic E-state index is 12.5. The molecule has 144 valence electrons. The van der Waals surface area contributed by atoms with Gasteiger partial charge in [-0.15, -0.1) is 0 Å². The number of nitrogens with zero attached hydrogens (tertiary/aromatic N) is 2. The normalized spacial score (nSPS) is 10.5. The van der Waals surface area contributed by atoms with E-state index in [2.05, 4.69) is 10.3 Å². The number of carbonyl (C=O) groups excluding carboxylic acids is 2. The molecule has 0 saturated heterocycles. The van der Waals surface area contributed by atoms with Crippen LogP contribution in [0.2, 0.25) is 5.02 Å². The topological polar surface area (TPSA) is 73.2 Å². The third kappa shape index (κ3) is 4.55. The summed E-state index contributed by atoms with van der Waals surface area (Å²) in [4.78, 5) is 28.9. The smallest absolute Gasteiger partial charge is 0.357 e. The summed E-state index contributed by atoms with van der Waals surface area (Å²) in [7, 11) is 0. The second kappa shape index (κ2) is 8.95. The van der Waals surface area contributed by atoms with Gasteiger partial charge in [0.05, 0.1) is 16.9 Å². The molecule has 8 heteroatoms. The number of halogens is 1. The van der Waals surface area contributed by atoms with Gasteiger partial charge in [-0.1, -0.05) is 47.6 Å². The number of rotatable bonds is 6. The molecule has 3 aromatic rings. The van der Waals surface area contributed by atoms with Crippen molar-refractivity contribution >= 4 is 40.9 Å². The van der Waals surface area contributed by atoms with Crippen LogP contribution in [-0.4, -0.2) is 34.3 Å². The van der Waals surface area contributed by atoms with Gasteiger partial charge in [0, 0.05) is 5.69 Å². The zero-order chi connectivity index (χ0) is 20.1. The van der Waals surface area contributed by atoms with E-state index in [1.165, 1.54) is 18.0 Å². The van der Waals surface area contributed by atoms with Crippen LogP contribution in [0, 0.1) is 6.92 Å². The van der Waals surface area contributed by atoms with E-state index in [0.717, 1.165) is 11.3 Å². The van der Waals surface area contributed by atoms with Crippen molar-refractivity contribution in [2.75, 3.05) is 18.2 Å². The Morgan fingerprint density at radius 2 is 1.96 bits per heavy atom. The van der Waals surface area contributed by atoms with Crippen LogP contribution in [0.1, 0.15) is 16.1 Å². The summed E-state index contributed by atoms with van der Waals surface area (Å²) >= 11 is 7.51. The lowest BCUT2D eigenvalue weighted by Crippen LogP contribution is -2.22. The molecule has 0 aliphatic heterocycles. The van der Waals surface area contributed by atoms with E-state index in [1.807, 2.05) is 49.6 Å². The number of carbonyl (C=O) groups is 2. The lowest BCUT2D eigenvalue weighted by Gasteiger charge is -2.11. The first-order chi connectivity index (χ1) is 13.5. The second-order valence-electron chi connectivity index (χ2n) is 5.91. The molecule has 0 bridgehead atoms. The summed E-state index contributed by atoms with van der Waals surface area (Å²) in [5.74, 6) is -1.11. The highest BCUT2D eigenvalue weighted by molar-refractivity contribution is 7.98. The number of nitrogens with one attached hydrogen (secondary N) is 1. The average molecular weight is 416 g/mol. The Morgan fingerprint density at radius 3 is 2.64 bits per heavy atom. The van der Waals surface area contributed by atoms with Crippen LogP contribution in [0.3, 0.4) is 0 Å². The number of para-hydroxylation sites is 1. The van der Waals surface area contributed by atoms with Gasteiger partial charge in [0.1, 0.15) is 0 Å². The van der Waals surface area contributed by atoms with Crippen LogP contribution in [0.25, 0.3) is 5.69 Å². The van der Waals surface area contributed by atoms with Crippen LogP contribution in [0.5, 0.6) is 0 Å². The SMILES string of the molecule is CSc1ncc(C(=O)OCC(=O)Nc2ccc(C)cc2Cl)n1-c1ccccc1. The van der Waals surface area contributed by atoms with Gasteiger partial charge in [0.15, 0.2) is 17.5 Å². The molecule has 6 nitrogen and oxygen atoms in total. The van der Waals surface area contributed by atoms with E-state index < -0.39 is 18.5 Å². The van der Waals surface area contributed by atoms with Gasteiger partial charge in [0.25, 0.3) is 5.91 Å². The van der Waals surface area contributed by atoms with Gasteiger partial charge in [-0.3, -0.25) is 9.36 Å². The van der Waals surface area contributed by atoms with Gasteiger partial charge in [-0.25, -0.2) is 9.78 Å². The highest BCUT2D eigenvalue weighted by atomic mass is 35.5. The number of aryl methyl sites for hydroxylation is 1. The van der Waals surface area contributed by atoms with Crippen molar-refractivity contribution in [2.24, 2.45) is 0 Å². The fraction of sp³-hybridized carbons (Fsp3) is 0.150. The Hall–Kier alpha value is -2.77. The first-order valence-corrected chi connectivity index (χ1v) is 10.00. The second-order valence-corrected chi connectivity index (χ2v) is 7.09. The first kappa shape index (κ1) is 20.0. The number of hydrogen-bond donors (Lipinski definition) is 1. The standard InChI is InChI=1S/C20H18ClN3O3S/c1-13-8-9-16(15(21)10-13)23-18(25)12-27-19(26)17-11-22-20(28-2)24(17)14-6-4-3-5-7-14/h3-11H,12H2,1-2H3,(H,23,25). The van der Waals surface area contributed by atoms with E-state index in [-0.39, 0.29) is 5.69 Å². The zero-order valence-electron chi connectivity index (χ0n) is 15.3. The number of esters is 1. The fourth-order valence-corrected chi connectivity index (χ4v) is 3.39. The molecular formula is C20H18ClN3O3S. The monoisotopic (exact) mass is 415 g/mol. The van der Waals surface area contributed by atoms with Gasteiger partial charge in [0.2, 0.25) is 0 Å². The van der Waals surface area contributed by atoms with E-state index in [9.17, 15) is 9.59 Å². The third-order valence-corrected chi connectivity index (χ3v) is 4.83. The first-order valence-electron chi connectivity index (χ1n) is 8.40. The summed E-state index contributed by atoms with van der Waals surface area (Å²) in [6, 6.07) is 14.6. The molecule has 0 unspecified atom stereocenters. The van der Waals surface area contributed by atoms with Crippen molar-refractivity contribution in [2.45, 2.75) is 12.1 Å². The van der Waals surface area contributed by atoms with Crippen molar-refractivity contribution in [1.82, 2.24) is 9.55 Å². The van der Waals surface area contributed by atoms with Crippen LogP contribution in [0.4, 0.5) is 5.69 Å². The molecule has 1 heterocycles. The molecule has 1 amide bonds. The Labute approximate surface area is 171 Å². The van der Waals surface area contributed by atoms with E-state index in [0.29, 0.717) is 15.9 Å². The number of aromatic nitrogens is 2. The molecule has 28 heavy (non-hydrogen) atoms. The minimum absolute atomic E-state index is 0.247. The van der Waals surface area contributed by atoms with Crippen molar-refractivity contribution in [3.63, 3.8) is 0 Å². The molecule has 2 aromatic carbocycles. The third-order valence-electron chi connectivity index (χ3n) is 3.87. The predicted octanol–water partition coefficient (Wildman–Crippen LogP) is 4.35. The van der Waals surface area contributed by atoms with E-state index >= 15 is 0 Å². The Bertz CT molecular complexity index is 1010. The molecule has 1 N–H and O–H groups in total. The summed E-state index contributed by atoms with van der Waals surface area (Å²) in [6.07, 6.45) is 3.31. The quantitative estimate of drug-likeness (QED) is 0.478. The summed E-state index contributed by atoms with van der Waals surface area (Å²) in [5, 5.41) is 3.70. The van der Waals surface area contributed by atoms with E-state index in [1.54, 1.807) is 16.7 Å². The highest BCUT2D eigenvalue weighted by Crippen LogP contribution is 2.23. The number of ether oxygens (including phenoxy) is 1. The predicted molar refractivity (Wildman–Crippen MR) is 110 cm³/mol. The molecule has 0 saturated carbocycles. The molecule has 0 fully saturated rings. The number of hydrogen-bond acceptors (Lipinski definition) is 5. The molecule has 3 rings (SSSR count). The Balaban J connectivity index is 1.70. The summed E-state index contributed by atoms with van der Waals surface area (Å²) in [5.41, 5.74) is 2.48. The number of imidazole rings is 1.